The highest BCUT2D eigenvalue weighted by molar-refractivity contribution is 5.92. The van der Waals surface area contributed by atoms with Gasteiger partial charge in [0.25, 0.3) is 0 Å². The summed E-state index contributed by atoms with van der Waals surface area (Å²) in [7, 11) is 2.11. The molecule has 1 saturated heterocycles. The Balaban J connectivity index is 1.71. The average Bonchev–Trinajstić information content (AvgIpc) is 2.79. The third-order valence-electron chi connectivity index (χ3n) is 5.31. The minimum absolute atomic E-state index is 0.0929. The molecule has 3 rings (SSSR count). The Bertz CT molecular complexity index is 820. The van der Waals surface area contributed by atoms with Crippen molar-refractivity contribution in [2.75, 3.05) is 33.2 Å². The molecule has 5 heteroatoms. The number of rotatable bonds is 4. The lowest BCUT2D eigenvalue weighted by atomic mass is 10.1. The molecular formula is C22H30N4O. The summed E-state index contributed by atoms with van der Waals surface area (Å²) in [6.07, 6.45) is 4.67. The normalized spacial score (nSPS) is 16.1. The summed E-state index contributed by atoms with van der Waals surface area (Å²) >= 11 is 0. The minimum Gasteiger partial charge on any atom is -0.338 e. The molecule has 144 valence electrons. The number of likely N-dealkylation sites (N-methyl/N-ethyl adjacent to an activating group) is 1. The number of amides is 1. The van der Waals surface area contributed by atoms with Gasteiger partial charge in [-0.05, 0) is 52.4 Å². The largest absolute Gasteiger partial charge is 0.338 e. The fourth-order valence-electron chi connectivity index (χ4n) is 3.50. The van der Waals surface area contributed by atoms with Crippen LogP contribution in [0.2, 0.25) is 0 Å². The number of aryl methyl sites for hydroxylation is 2. The molecule has 1 aliphatic rings. The van der Waals surface area contributed by atoms with Gasteiger partial charge in [0, 0.05) is 37.0 Å². The molecule has 0 saturated carbocycles. The van der Waals surface area contributed by atoms with E-state index in [1.807, 2.05) is 22.6 Å². The maximum atomic E-state index is 12.6. The van der Waals surface area contributed by atoms with Crippen LogP contribution in [-0.4, -0.2) is 58.7 Å². The molecule has 0 spiro atoms. The lowest BCUT2D eigenvalue weighted by Gasteiger charge is -2.18. The number of benzene rings is 1. The first-order chi connectivity index (χ1) is 12.9. The Hall–Kier alpha value is -2.40. The molecular weight excluding hydrogens is 336 g/mol. The van der Waals surface area contributed by atoms with Crippen LogP contribution >= 0.6 is 0 Å². The predicted octanol–water partition coefficient (Wildman–Crippen LogP) is 3.03. The van der Waals surface area contributed by atoms with E-state index in [9.17, 15) is 4.79 Å². The van der Waals surface area contributed by atoms with Crippen molar-refractivity contribution in [3.63, 3.8) is 0 Å². The maximum Gasteiger partial charge on any atom is 0.246 e. The molecule has 2 heterocycles. The Morgan fingerprint density at radius 1 is 1.07 bits per heavy atom. The molecule has 0 aliphatic carbocycles. The zero-order chi connectivity index (χ0) is 19.4. The number of hydrogen-bond acceptors (Lipinski definition) is 3. The lowest BCUT2D eigenvalue weighted by molar-refractivity contribution is -0.125. The number of carbonyl (C=O) groups is 1. The van der Waals surface area contributed by atoms with Gasteiger partial charge >= 0.3 is 0 Å². The second kappa shape index (κ2) is 8.53. The van der Waals surface area contributed by atoms with Crippen molar-refractivity contribution >= 4 is 12.0 Å². The average molecular weight is 367 g/mol. The summed E-state index contributed by atoms with van der Waals surface area (Å²) < 4.78 is 2.02. The van der Waals surface area contributed by atoms with E-state index in [4.69, 9.17) is 0 Å². The first-order valence-corrected chi connectivity index (χ1v) is 9.69. The van der Waals surface area contributed by atoms with Crippen LogP contribution in [0.5, 0.6) is 0 Å². The predicted molar refractivity (Wildman–Crippen MR) is 110 cm³/mol. The fourth-order valence-corrected chi connectivity index (χ4v) is 3.50. The van der Waals surface area contributed by atoms with Crippen molar-refractivity contribution in [2.24, 2.45) is 0 Å². The van der Waals surface area contributed by atoms with Gasteiger partial charge in [-0.15, -0.1) is 0 Å². The van der Waals surface area contributed by atoms with E-state index in [0.717, 1.165) is 56.1 Å². The third kappa shape index (κ3) is 4.86. The van der Waals surface area contributed by atoms with E-state index in [0.29, 0.717) is 0 Å². The smallest absolute Gasteiger partial charge is 0.246 e. The lowest BCUT2D eigenvalue weighted by Crippen LogP contribution is -2.33. The highest BCUT2D eigenvalue weighted by Crippen LogP contribution is 2.17. The molecule has 1 fully saturated rings. The Morgan fingerprint density at radius 2 is 1.81 bits per heavy atom. The highest BCUT2D eigenvalue weighted by Gasteiger charge is 2.16. The molecule has 0 bridgehead atoms. The highest BCUT2D eigenvalue weighted by atomic mass is 16.2. The topological polar surface area (TPSA) is 41.4 Å². The van der Waals surface area contributed by atoms with Gasteiger partial charge in [0.2, 0.25) is 5.91 Å². The van der Waals surface area contributed by atoms with Crippen LogP contribution in [0.4, 0.5) is 0 Å². The van der Waals surface area contributed by atoms with E-state index in [-0.39, 0.29) is 5.91 Å². The monoisotopic (exact) mass is 366 g/mol. The molecule has 0 unspecified atom stereocenters. The van der Waals surface area contributed by atoms with Crippen molar-refractivity contribution < 1.29 is 4.79 Å². The SMILES string of the molecule is Cc1ccc(Cn2nc(C)c(/C=C/C(=O)N3CCCN(C)CC3)c2C)cc1. The molecule has 0 N–H and O–H groups in total. The minimum atomic E-state index is 0.0929. The van der Waals surface area contributed by atoms with Gasteiger partial charge in [0.15, 0.2) is 0 Å². The first kappa shape index (κ1) is 19.4. The quantitative estimate of drug-likeness (QED) is 0.781. The molecule has 0 radical (unpaired) electrons. The summed E-state index contributed by atoms with van der Waals surface area (Å²) in [5.41, 5.74) is 5.58. The maximum absolute atomic E-state index is 12.6. The van der Waals surface area contributed by atoms with Crippen LogP contribution in [0.15, 0.2) is 30.3 Å². The summed E-state index contributed by atoms with van der Waals surface area (Å²) in [6.45, 7) is 10.5. The summed E-state index contributed by atoms with van der Waals surface area (Å²) in [5, 5.41) is 4.68. The molecule has 1 amide bonds. The van der Waals surface area contributed by atoms with Crippen LogP contribution in [0.25, 0.3) is 6.08 Å². The molecule has 5 nitrogen and oxygen atoms in total. The number of aromatic nitrogens is 2. The molecule has 1 aromatic carbocycles. The standard InChI is InChI=1S/C22H30N4O/c1-17-6-8-20(9-7-17)16-26-19(3)21(18(2)23-26)10-11-22(27)25-13-5-12-24(4)14-15-25/h6-11H,5,12-16H2,1-4H3/b11-10+. The van der Waals surface area contributed by atoms with Crippen molar-refractivity contribution in [2.45, 2.75) is 33.7 Å². The van der Waals surface area contributed by atoms with Gasteiger partial charge in [0.05, 0.1) is 12.2 Å². The first-order valence-electron chi connectivity index (χ1n) is 9.69. The van der Waals surface area contributed by atoms with Gasteiger partial charge in [-0.3, -0.25) is 9.48 Å². The molecule has 0 atom stereocenters. The van der Waals surface area contributed by atoms with E-state index < -0.39 is 0 Å². The van der Waals surface area contributed by atoms with Crippen LogP contribution in [0, 0.1) is 20.8 Å². The molecule has 1 aliphatic heterocycles. The second-order valence-corrected chi connectivity index (χ2v) is 7.54. The van der Waals surface area contributed by atoms with E-state index >= 15 is 0 Å². The Morgan fingerprint density at radius 3 is 2.56 bits per heavy atom. The number of carbonyl (C=O) groups excluding carboxylic acids is 1. The van der Waals surface area contributed by atoms with Crippen molar-refractivity contribution in [1.82, 2.24) is 19.6 Å². The number of hydrogen-bond donors (Lipinski definition) is 0. The summed E-state index contributed by atoms with van der Waals surface area (Å²) in [6, 6.07) is 8.53. The van der Waals surface area contributed by atoms with Gasteiger partial charge in [-0.25, -0.2) is 0 Å². The van der Waals surface area contributed by atoms with Gasteiger partial charge in [-0.1, -0.05) is 29.8 Å². The van der Waals surface area contributed by atoms with Gasteiger partial charge in [-0.2, -0.15) is 5.10 Å². The van der Waals surface area contributed by atoms with E-state index in [2.05, 4.69) is 55.2 Å². The van der Waals surface area contributed by atoms with Crippen LogP contribution in [0.3, 0.4) is 0 Å². The summed E-state index contributed by atoms with van der Waals surface area (Å²) in [5.74, 6) is 0.0929. The fraction of sp³-hybridized carbons (Fsp3) is 0.455. The van der Waals surface area contributed by atoms with E-state index in [1.54, 1.807) is 6.08 Å². The van der Waals surface area contributed by atoms with Crippen molar-refractivity contribution in [3.05, 3.63) is 58.4 Å². The number of nitrogens with zero attached hydrogens (tertiary/aromatic N) is 4. The molecule has 1 aromatic heterocycles. The van der Waals surface area contributed by atoms with Crippen LogP contribution in [0.1, 0.15) is 34.5 Å². The van der Waals surface area contributed by atoms with Gasteiger partial charge < -0.3 is 9.80 Å². The summed E-state index contributed by atoms with van der Waals surface area (Å²) in [4.78, 5) is 16.8. The van der Waals surface area contributed by atoms with Crippen LogP contribution in [-0.2, 0) is 11.3 Å². The molecule has 27 heavy (non-hydrogen) atoms. The Labute approximate surface area is 162 Å². The van der Waals surface area contributed by atoms with Crippen molar-refractivity contribution in [1.29, 1.82) is 0 Å². The van der Waals surface area contributed by atoms with E-state index in [1.165, 1.54) is 11.1 Å². The third-order valence-corrected chi connectivity index (χ3v) is 5.31. The second-order valence-electron chi connectivity index (χ2n) is 7.54. The zero-order valence-electron chi connectivity index (χ0n) is 16.9. The zero-order valence-corrected chi connectivity index (χ0v) is 16.9. The Kier molecular flexibility index (Phi) is 6.11. The van der Waals surface area contributed by atoms with Crippen LogP contribution < -0.4 is 0 Å². The van der Waals surface area contributed by atoms with Crippen molar-refractivity contribution in [3.8, 4) is 0 Å². The van der Waals surface area contributed by atoms with Gasteiger partial charge in [0.1, 0.15) is 0 Å². The molecule has 2 aromatic rings.